The van der Waals surface area contributed by atoms with E-state index in [-0.39, 0.29) is 6.10 Å². The number of rotatable bonds is 4. The lowest BCUT2D eigenvalue weighted by Gasteiger charge is -2.32. The molecule has 0 spiro atoms. The standard InChI is InChI=1S/C17H24ClNO/c18-15-7-5-14(6-8-15)17(20)10-12-19-11-9-13-3-1-2-4-16(13)19/h5-8,13,16-17,20H,1-4,9-12H2. The normalized spacial score (nSPS) is 28.3. The number of benzene rings is 1. The van der Waals surface area contributed by atoms with E-state index in [4.69, 9.17) is 11.6 Å². The predicted octanol–water partition coefficient (Wildman–Crippen LogP) is 4.03. The van der Waals surface area contributed by atoms with Crippen LogP contribution in [-0.2, 0) is 0 Å². The van der Waals surface area contributed by atoms with Crippen molar-refractivity contribution < 1.29 is 5.11 Å². The summed E-state index contributed by atoms with van der Waals surface area (Å²) >= 11 is 5.88. The van der Waals surface area contributed by atoms with Crippen LogP contribution in [0, 0.1) is 5.92 Å². The van der Waals surface area contributed by atoms with Gasteiger partial charge in [-0.3, -0.25) is 4.90 Å². The van der Waals surface area contributed by atoms with Gasteiger partial charge in [0.15, 0.2) is 0 Å². The zero-order valence-electron chi connectivity index (χ0n) is 12.0. The average molecular weight is 294 g/mol. The molecule has 0 amide bonds. The number of nitrogens with zero attached hydrogens (tertiary/aromatic N) is 1. The van der Waals surface area contributed by atoms with Crippen LogP contribution in [0.5, 0.6) is 0 Å². The maximum atomic E-state index is 10.3. The van der Waals surface area contributed by atoms with E-state index >= 15 is 0 Å². The second-order valence-electron chi connectivity index (χ2n) is 6.29. The van der Waals surface area contributed by atoms with Crippen LogP contribution in [-0.4, -0.2) is 29.1 Å². The van der Waals surface area contributed by atoms with Crippen LogP contribution in [0.4, 0.5) is 0 Å². The van der Waals surface area contributed by atoms with Crippen molar-refractivity contribution in [2.75, 3.05) is 13.1 Å². The summed E-state index contributed by atoms with van der Waals surface area (Å²) in [6, 6.07) is 8.36. The van der Waals surface area contributed by atoms with E-state index in [1.807, 2.05) is 24.3 Å². The Morgan fingerprint density at radius 3 is 2.70 bits per heavy atom. The summed E-state index contributed by atoms with van der Waals surface area (Å²) in [5.41, 5.74) is 0.980. The number of aliphatic hydroxyl groups excluding tert-OH is 1. The van der Waals surface area contributed by atoms with Gasteiger partial charge in [0.05, 0.1) is 6.10 Å². The first kappa shape index (κ1) is 14.4. The molecule has 1 aromatic rings. The second kappa shape index (κ2) is 6.46. The highest BCUT2D eigenvalue weighted by Gasteiger charge is 2.35. The van der Waals surface area contributed by atoms with E-state index in [1.54, 1.807) is 0 Å². The lowest BCUT2D eigenvalue weighted by atomic mass is 9.85. The highest BCUT2D eigenvalue weighted by Crippen LogP contribution is 2.36. The summed E-state index contributed by atoms with van der Waals surface area (Å²) in [4.78, 5) is 2.61. The van der Waals surface area contributed by atoms with Gasteiger partial charge >= 0.3 is 0 Å². The van der Waals surface area contributed by atoms with E-state index in [1.165, 1.54) is 38.6 Å². The SMILES string of the molecule is OC(CCN1CCC2CCCCC21)c1ccc(Cl)cc1. The Labute approximate surface area is 126 Å². The molecule has 3 heteroatoms. The summed E-state index contributed by atoms with van der Waals surface area (Å²) in [6.45, 7) is 2.24. The molecule has 3 rings (SSSR count). The van der Waals surface area contributed by atoms with Crippen LogP contribution in [0.2, 0.25) is 5.02 Å². The summed E-state index contributed by atoms with van der Waals surface area (Å²) < 4.78 is 0. The molecule has 110 valence electrons. The summed E-state index contributed by atoms with van der Waals surface area (Å²) in [5, 5.41) is 11.0. The molecule has 3 unspecified atom stereocenters. The van der Waals surface area contributed by atoms with Crippen LogP contribution >= 0.6 is 11.6 Å². The fraction of sp³-hybridized carbons (Fsp3) is 0.647. The third-order valence-corrected chi connectivity index (χ3v) is 5.32. The van der Waals surface area contributed by atoms with Gasteiger partial charge < -0.3 is 5.11 Å². The van der Waals surface area contributed by atoms with Gasteiger partial charge in [-0.2, -0.15) is 0 Å². The largest absolute Gasteiger partial charge is 0.388 e. The lowest BCUT2D eigenvalue weighted by Crippen LogP contribution is -2.35. The van der Waals surface area contributed by atoms with Crippen molar-refractivity contribution in [1.82, 2.24) is 4.90 Å². The number of likely N-dealkylation sites (tertiary alicyclic amines) is 1. The van der Waals surface area contributed by atoms with Gasteiger partial charge in [0.25, 0.3) is 0 Å². The Hall–Kier alpha value is -0.570. The van der Waals surface area contributed by atoms with Gasteiger partial charge in [-0.25, -0.2) is 0 Å². The summed E-state index contributed by atoms with van der Waals surface area (Å²) in [7, 11) is 0. The van der Waals surface area contributed by atoms with Gasteiger partial charge in [0.2, 0.25) is 0 Å². The van der Waals surface area contributed by atoms with Crippen molar-refractivity contribution in [3.8, 4) is 0 Å². The van der Waals surface area contributed by atoms with Gasteiger partial charge in [-0.05, 0) is 55.8 Å². The molecule has 0 radical (unpaired) electrons. The summed E-state index contributed by atoms with van der Waals surface area (Å²) in [5.74, 6) is 0.927. The van der Waals surface area contributed by atoms with Crippen molar-refractivity contribution in [3.05, 3.63) is 34.9 Å². The number of halogens is 1. The predicted molar refractivity (Wildman–Crippen MR) is 83.0 cm³/mol. The third kappa shape index (κ3) is 3.19. The molecule has 20 heavy (non-hydrogen) atoms. The summed E-state index contributed by atoms with van der Waals surface area (Å²) in [6.07, 6.45) is 7.41. The molecule has 1 aliphatic heterocycles. The van der Waals surface area contributed by atoms with Crippen LogP contribution in [0.3, 0.4) is 0 Å². The van der Waals surface area contributed by atoms with Gasteiger partial charge in [-0.15, -0.1) is 0 Å². The molecule has 1 saturated carbocycles. The van der Waals surface area contributed by atoms with Crippen LogP contribution in [0.25, 0.3) is 0 Å². The van der Waals surface area contributed by atoms with Crippen LogP contribution in [0.15, 0.2) is 24.3 Å². The highest BCUT2D eigenvalue weighted by molar-refractivity contribution is 6.30. The van der Waals surface area contributed by atoms with Crippen molar-refractivity contribution in [2.45, 2.75) is 50.7 Å². The number of hydrogen-bond donors (Lipinski definition) is 1. The van der Waals surface area contributed by atoms with Crippen molar-refractivity contribution >= 4 is 11.6 Å². The minimum Gasteiger partial charge on any atom is -0.388 e. The Morgan fingerprint density at radius 2 is 1.90 bits per heavy atom. The van der Waals surface area contributed by atoms with Crippen LogP contribution in [0.1, 0.15) is 50.2 Å². The third-order valence-electron chi connectivity index (χ3n) is 5.07. The van der Waals surface area contributed by atoms with Gasteiger partial charge in [0, 0.05) is 17.6 Å². The maximum absolute atomic E-state index is 10.3. The average Bonchev–Trinajstić information content (AvgIpc) is 2.89. The molecule has 2 nitrogen and oxygen atoms in total. The first-order chi connectivity index (χ1) is 9.74. The quantitative estimate of drug-likeness (QED) is 0.906. The van der Waals surface area contributed by atoms with Gasteiger partial charge in [-0.1, -0.05) is 36.6 Å². The maximum Gasteiger partial charge on any atom is 0.0802 e. The molecule has 1 N–H and O–H groups in total. The zero-order valence-corrected chi connectivity index (χ0v) is 12.7. The second-order valence-corrected chi connectivity index (χ2v) is 6.73. The highest BCUT2D eigenvalue weighted by atomic mass is 35.5. The van der Waals surface area contributed by atoms with E-state index < -0.39 is 0 Å². The Balaban J connectivity index is 1.52. The first-order valence-corrected chi connectivity index (χ1v) is 8.29. The molecule has 1 heterocycles. The molecule has 2 aliphatic rings. The minimum absolute atomic E-state index is 0.366. The van der Waals surface area contributed by atoms with E-state index in [0.717, 1.165) is 35.5 Å². The lowest BCUT2D eigenvalue weighted by molar-refractivity contribution is 0.123. The molecular formula is C17H24ClNO. The fourth-order valence-electron chi connectivity index (χ4n) is 3.92. The van der Waals surface area contributed by atoms with E-state index in [2.05, 4.69) is 4.90 Å². The zero-order chi connectivity index (χ0) is 13.9. The van der Waals surface area contributed by atoms with Gasteiger partial charge in [0.1, 0.15) is 0 Å². The number of hydrogen-bond acceptors (Lipinski definition) is 2. The fourth-order valence-corrected chi connectivity index (χ4v) is 4.05. The molecular weight excluding hydrogens is 270 g/mol. The molecule has 0 aromatic heterocycles. The number of aliphatic hydroxyl groups is 1. The first-order valence-electron chi connectivity index (χ1n) is 7.91. The number of fused-ring (bicyclic) bond motifs is 1. The molecule has 1 aromatic carbocycles. The smallest absolute Gasteiger partial charge is 0.0802 e. The van der Waals surface area contributed by atoms with Crippen molar-refractivity contribution in [3.63, 3.8) is 0 Å². The monoisotopic (exact) mass is 293 g/mol. The Morgan fingerprint density at radius 1 is 1.15 bits per heavy atom. The van der Waals surface area contributed by atoms with Crippen molar-refractivity contribution in [1.29, 1.82) is 0 Å². The molecule has 0 bridgehead atoms. The Bertz CT molecular complexity index is 433. The topological polar surface area (TPSA) is 23.5 Å². The molecule has 2 fully saturated rings. The molecule has 3 atom stereocenters. The van der Waals surface area contributed by atoms with E-state index in [9.17, 15) is 5.11 Å². The van der Waals surface area contributed by atoms with Crippen molar-refractivity contribution in [2.24, 2.45) is 5.92 Å². The minimum atomic E-state index is -0.366. The molecule has 1 saturated heterocycles. The molecule has 1 aliphatic carbocycles. The Kier molecular flexibility index (Phi) is 4.65. The van der Waals surface area contributed by atoms with Crippen LogP contribution < -0.4 is 0 Å². The van der Waals surface area contributed by atoms with E-state index in [0.29, 0.717) is 0 Å².